The summed E-state index contributed by atoms with van der Waals surface area (Å²) in [5.74, 6) is 1.48. The van der Waals surface area contributed by atoms with Crippen molar-refractivity contribution in [3.8, 4) is 5.75 Å². The zero-order valence-corrected chi connectivity index (χ0v) is 23.7. The number of fused-ring (bicyclic) bond motifs is 1. The summed E-state index contributed by atoms with van der Waals surface area (Å²) < 4.78 is 7.36. The van der Waals surface area contributed by atoms with E-state index in [2.05, 4.69) is 61.6 Å². The predicted molar refractivity (Wildman–Crippen MR) is 158 cm³/mol. The van der Waals surface area contributed by atoms with Gasteiger partial charge in [-0.15, -0.1) is 5.10 Å². The third-order valence-electron chi connectivity index (χ3n) is 8.09. The second kappa shape index (κ2) is 11.6. The van der Waals surface area contributed by atoms with Crippen LogP contribution in [0.2, 0.25) is 0 Å². The molecule has 0 bridgehead atoms. The minimum absolute atomic E-state index is 0.139. The van der Waals surface area contributed by atoms with Gasteiger partial charge in [0.05, 0.1) is 13.2 Å². The second-order valence-electron chi connectivity index (χ2n) is 11.0. The zero-order valence-electron chi connectivity index (χ0n) is 23.7. The van der Waals surface area contributed by atoms with Gasteiger partial charge in [0.1, 0.15) is 11.8 Å². The van der Waals surface area contributed by atoms with Crippen molar-refractivity contribution < 1.29 is 4.74 Å². The lowest BCUT2D eigenvalue weighted by Gasteiger charge is -2.32. The number of aromatic nitrogens is 6. The molecule has 1 N–H and O–H groups in total. The number of pyridine rings is 2. The van der Waals surface area contributed by atoms with E-state index < -0.39 is 6.04 Å². The van der Waals surface area contributed by atoms with Gasteiger partial charge in [-0.25, -0.2) is 4.68 Å². The van der Waals surface area contributed by atoms with Gasteiger partial charge in [-0.3, -0.25) is 14.7 Å². The summed E-state index contributed by atoms with van der Waals surface area (Å²) >= 11 is 0. The second-order valence-corrected chi connectivity index (χ2v) is 11.0. The number of H-pyrrole nitrogens is 1. The van der Waals surface area contributed by atoms with E-state index in [4.69, 9.17) is 4.74 Å². The molecule has 210 valence electrons. The van der Waals surface area contributed by atoms with Gasteiger partial charge in [-0.1, -0.05) is 37.1 Å². The molecule has 0 aliphatic heterocycles. The molecule has 1 atom stereocenters. The maximum absolute atomic E-state index is 13.9. The standard InChI is InChI=1S/C32H35N7O2/c1-21-15-22(2)27-17-28(32(40)34-29(27)16-21)30(31-35-36-37-39(31)25-8-4-5-9-25)38(20-24-7-6-14-33-18-24)19-23-10-12-26(41-3)13-11-23/h6-7,10-18,25,30H,4-5,8-9,19-20H2,1-3H3,(H,34,40)/t30-/m0/s1. The number of nitrogens with zero attached hydrogens (tertiary/aromatic N) is 6. The lowest BCUT2D eigenvalue weighted by molar-refractivity contribution is 0.190. The van der Waals surface area contributed by atoms with Crippen molar-refractivity contribution in [1.29, 1.82) is 0 Å². The molecule has 0 unspecified atom stereocenters. The van der Waals surface area contributed by atoms with E-state index in [1.807, 2.05) is 48.1 Å². The first-order valence-corrected chi connectivity index (χ1v) is 14.2. The topological polar surface area (TPSA) is 102 Å². The Hall–Kier alpha value is -4.37. The van der Waals surface area contributed by atoms with Crippen LogP contribution in [0.4, 0.5) is 0 Å². The van der Waals surface area contributed by atoms with Gasteiger partial charge in [0.2, 0.25) is 0 Å². The fraction of sp³-hybridized carbons (Fsp3) is 0.344. The van der Waals surface area contributed by atoms with Gasteiger partial charge in [0.25, 0.3) is 5.56 Å². The summed E-state index contributed by atoms with van der Waals surface area (Å²) in [4.78, 5) is 23.7. The Balaban J connectivity index is 1.54. The van der Waals surface area contributed by atoms with Crippen molar-refractivity contribution in [3.63, 3.8) is 0 Å². The first kappa shape index (κ1) is 26.8. The molecule has 1 aliphatic rings. The van der Waals surface area contributed by atoms with Crippen molar-refractivity contribution in [1.82, 2.24) is 35.1 Å². The first-order chi connectivity index (χ1) is 20.0. The van der Waals surface area contributed by atoms with Crippen LogP contribution >= 0.6 is 0 Å². The Morgan fingerprint density at radius 2 is 1.83 bits per heavy atom. The molecule has 2 aromatic carbocycles. The van der Waals surface area contributed by atoms with Crippen LogP contribution in [0.5, 0.6) is 5.75 Å². The number of tetrazole rings is 1. The van der Waals surface area contributed by atoms with Crippen LogP contribution in [0, 0.1) is 13.8 Å². The third-order valence-corrected chi connectivity index (χ3v) is 8.09. The smallest absolute Gasteiger partial charge is 0.253 e. The Labute approximate surface area is 239 Å². The Morgan fingerprint density at radius 3 is 2.56 bits per heavy atom. The van der Waals surface area contributed by atoms with E-state index >= 15 is 0 Å². The number of rotatable bonds is 9. The van der Waals surface area contributed by atoms with E-state index in [1.165, 1.54) is 0 Å². The van der Waals surface area contributed by atoms with E-state index in [0.29, 0.717) is 24.5 Å². The fourth-order valence-corrected chi connectivity index (χ4v) is 6.11. The van der Waals surface area contributed by atoms with Gasteiger partial charge in [-0.05, 0) is 89.7 Å². The van der Waals surface area contributed by atoms with Gasteiger partial charge < -0.3 is 9.72 Å². The fourth-order valence-electron chi connectivity index (χ4n) is 6.11. The van der Waals surface area contributed by atoms with Crippen molar-refractivity contribution in [2.24, 2.45) is 0 Å². The number of aromatic amines is 1. The highest BCUT2D eigenvalue weighted by Crippen LogP contribution is 2.35. The number of hydrogen-bond acceptors (Lipinski definition) is 7. The molecule has 41 heavy (non-hydrogen) atoms. The Bertz CT molecular complexity index is 1690. The summed E-state index contributed by atoms with van der Waals surface area (Å²) in [5, 5.41) is 14.2. The summed E-state index contributed by atoms with van der Waals surface area (Å²) in [7, 11) is 1.66. The highest BCUT2D eigenvalue weighted by molar-refractivity contribution is 5.83. The van der Waals surface area contributed by atoms with Crippen molar-refractivity contribution in [3.05, 3.63) is 111 Å². The molecule has 3 aromatic heterocycles. The molecule has 0 spiro atoms. The highest BCUT2D eigenvalue weighted by atomic mass is 16.5. The van der Waals surface area contributed by atoms with E-state index in [-0.39, 0.29) is 11.6 Å². The SMILES string of the molecule is COc1ccc(CN(Cc2cccnc2)[C@@H](c2cc3c(C)cc(C)cc3[nH]c2=O)c2nnnn2C2CCCC2)cc1. The van der Waals surface area contributed by atoms with Crippen molar-refractivity contribution in [2.45, 2.75) is 64.7 Å². The highest BCUT2D eigenvalue weighted by Gasteiger charge is 2.33. The minimum atomic E-state index is -0.498. The van der Waals surface area contributed by atoms with Crippen LogP contribution in [0.1, 0.15) is 71.4 Å². The number of hydrogen-bond donors (Lipinski definition) is 1. The lowest BCUT2D eigenvalue weighted by Crippen LogP contribution is -2.35. The Kier molecular flexibility index (Phi) is 7.61. The van der Waals surface area contributed by atoms with E-state index in [0.717, 1.165) is 64.6 Å². The molecule has 0 amide bonds. The number of methoxy groups -OCH3 is 1. The molecule has 0 radical (unpaired) electrons. The van der Waals surface area contributed by atoms with Gasteiger partial charge in [0, 0.05) is 41.9 Å². The molecule has 9 heteroatoms. The number of ether oxygens (including phenoxy) is 1. The molecular weight excluding hydrogens is 514 g/mol. The molecule has 5 aromatic rings. The molecule has 1 aliphatic carbocycles. The minimum Gasteiger partial charge on any atom is -0.497 e. The largest absolute Gasteiger partial charge is 0.497 e. The van der Waals surface area contributed by atoms with Crippen LogP contribution in [-0.2, 0) is 13.1 Å². The molecule has 3 heterocycles. The van der Waals surface area contributed by atoms with E-state index in [9.17, 15) is 4.79 Å². The summed E-state index contributed by atoms with van der Waals surface area (Å²) in [6, 6.07) is 18.0. The monoisotopic (exact) mass is 549 g/mol. The number of aryl methyl sites for hydroxylation is 2. The normalized spacial score (nSPS) is 14.6. The van der Waals surface area contributed by atoms with Gasteiger partial charge >= 0.3 is 0 Å². The first-order valence-electron chi connectivity index (χ1n) is 14.2. The lowest BCUT2D eigenvalue weighted by atomic mass is 9.99. The molecular formula is C32H35N7O2. The third kappa shape index (κ3) is 5.63. The maximum Gasteiger partial charge on any atom is 0.253 e. The average molecular weight is 550 g/mol. The van der Waals surface area contributed by atoms with Crippen LogP contribution in [0.25, 0.3) is 10.9 Å². The summed E-state index contributed by atoms with van der Waals surface area (Å²) in [6.07, 6.45) is 7.99. The Morgan fingerprint density at radius 1 is 1.05 bits per heavy atom. The number of benzene rings is 2. The summed E-state index contributed by atoms with van der Waals surface area (Å²) in [5.41, 5.74) is 5.66. The zero-order chi connectivity index (χ0) is 28.3. The van der Waals surface area contributed by atoms with Gasteiger partial charge in [0.15, 0.2) is 5.82 Å². The van der Waals surface area contributed by atoms with Crippen LogP contribution in [0.15, 0.2) is 71.8 Å². The van der Waals surface area contributed by atoms with Crippen molar-refractivity contribution >= 4 is 10.9 Å². The van der Waals surface area contributed by atoms with Crippen LogP contribution in [-0.4, -0.2) is 42.2 Å². The average Bonchev–Trinajstić information content (AvgIpc) is 3.67. The molecule has 1 saturated carbocycles. The van der Waals surface area contributed by atoms with Crippen LogP contribution < -0.4 is 10.3 Å². The van der Waals surface area contributed by atoms with Crippen molar-refractivity contribution in [2.75, 3.05) is 7.11 Å². The maximum atomic E-state index is 13.9. The van der Waals surface area contributed by atoms with Crippen LogP contribution in [0.3, 0.4) is 0 Å². The molecule has 9 nitrogen and oxygen atoms in total. The summed E-state index contributed by atoms with van der Waals surface area (Å²) in [6.45, 7) is 5.24. The molecule has 1 fully saturated rings. The predicted octanol–water partition coefficient (Wildman–Crippen LogP) is 5.44. The van der Waals surface area contributed by atoms with Gasteiger partial charge in [-0.2, -0.15) is 0 Å². The molecule has 0 saturated heterocycles. The quantitative estimate of drug-likeness (QED) is 0.261. The number of nitrogens with one attached hydrogen (secondary N) is 1. The molecule has 6 rings (SSSR count). The van der Waals surface area contributed by atoms with E-state index in [1.54, 1.807) is 13.3 Å².